The smallest absolute Gasteiger partial charge is 0.305 e. The highest BCUT2D eigenvalue weighted by Crippen LogP contribution is 2.25. The fourth-order valence-corrected chi connectivity index (χ4v) is 2.42. The minimum Gasteiger partial charge on any atom is -0.497 e. The van der Waals surface area contributed by atoms with E-state index in [9.17, 15) is 4.79 Å². The van der Waals surface area contributed by atoms with Crippen LogP contribution in [0.3, 0.4) is 0 Å². The van der Waals surface area contributed by atoms with Gasteiger partial charge in [0.2, 0.25) is 0 Å². The van der Waals surface area contributed by atoms with Crippen molar-refractivity contribution in [2.45, 2.75) is 33.2 Å². The molecular formula is C19H31N3O4. The van der Waals surface area contributed by atoms with Crippen LogP contribution in [0.4, 0.5) is 0 Å². The Bertz CT molecular complexity index is 590. The number of rotatable bonds is 10. The average molecular weight is 365 g/mol. The van der Waals surface area contributed by atoms with Gasteiger partial charge in [-0.25, -0.2) is 0 Å². The first kappa shape index (κ1) is 21.6. The molecule has 1 aromatic rings. The number of methoxy groups -OCH3 is 2. The van der Waals surface area contributed by atoms with Crippen molar-refractivity contribution in [1.82, 2.24) is 10.2 Å². The van der Waals surface area contributed by atoms with E-state index in [1.54, 1.807) is 14.2 Å². The molecule has 0 fully saturated rings. The normalized spacial score (nSPS) is 11.0. The molecule has 1 rings (SSSR count). The molecule has 0 aromatic heterocycles. The summed E-state index contributed by atoms with van der Waals surface area (Å²) in [5, 5.41) is 3.27. The first-order chi connectivity index (χ1) is 12.5. The largest absolute Gasteiger partial charge is 0.497 e. The number of nitrogens with one attached hydrogen (secondary N) is 1. The van der Waals surface area contributed by atoms with Crippen LogP contribution in [-0.4, -0.2) is 57.8 Å². The molecule has 0 spiro atoms. The number of esters is 1. The Balaban J connectivity index is 2.71. The molecular weight excluding hydrogens is 334 g/mol. The Kier molecular flexibility index (Phi) is 9.97. The summed E-state index contributed by atoms with van der Waals surface area (Å²) in [6.45, 7) is 6.21. The van der Waals surface area contributed by atoms with E-state index >= 15 is 0 Å². The summed E-state index contributed by atoms with van der Waals surface area (Å²) in [5.74, 6) is 2.14. The zero-order valence-corrected chi connectivity index (χ0v) is 16.5. The van der Waals surface area contributed by atoms with Crippen molar-refractivity contribution < 1.29 is 19.0 Å². The second-order valence-corrected chi connectivity index (χ2v) is 5.68. The Morgan fingerprint density at radius 1 is 1.23 bits per heavy atom. The van der Waals surface area contributed by atoms with E-state index in [1.165, 1.54) is 0 Å². The van der Waals surface area contributed by atoms with Gasteiger partial charge < -0.3 is 24.4 Å². The zero-order valence-electron chi connectivity index (χ0n) is 16.5. The number of ether oxygens (including phenoxy) is 3. The Morgan fingerprint density at radius 2 is 2.00 bits per heavy atom. The van der Waals surface area contributed by atoms with Crippen LogP contribution < -0.4 is 14.8 Å². The molecule has 0 bridgehead atoms. The molecule has 0 saturated heterocycles. The third kappa shape index (κ3) is 7.21. The summed E-state index contributed by atoms with van der Waals surface area (Å²) >= 11 is 0. The van der Waals surface area contributed by atoms with Gasteiger partial charge in [-0.3, -0.25) is 9.79 Å². The van der Waals surface area contributed by atoms with Gasteiger partial charge in [0.25, 0.3) is 0 Å². The first-order valence-corrected chi connectivity index (χ1v) is 8.91. The van der Waals surface area contributed by atoms with E-state index in [4.69, 9.17) is 14.2 Å². The van der Waals surface area contributed by atoms with Gasteiger partial charge >= 0.3 is 5.97 Å². The van der Waals surface area contributed by atoms with Crippen molar-refractivity contribution in [3.63, 3.8) is 0 Å². The lowest BCUT2D eigenvalue weighted by Gasteiger charge is -2.23. The third-order valence-corrected chi connectivity index (χ3v) is 3.70. The standard InChI is InChI=1S/C19H31N3O4/c1-6-20-19(21-12-8-9-18(23)26-7-2)22(3)14-15-10-11-16(24-4)13-17(15)25-5/h10-11,13H,6-9,12,14H2,1-5H3,(H,20,21). The molecule has 0 saturated carbocycles. The highest BCUT2D eigenvalue weighted by molar-refractivity contribution is 5.79. The summed E-state index contributed by atoms with van der Waals surface area (Å²) < 4.78 is 15.6. The quantitative estimate of drug-likeness (QED) is 0.297. The number of carbonyl (C=O) groups is 1. The van der Waals surface area contributed by atoms with Crippen LogP contribution in [0.15, 0.2) is 23.2 Å². The maximum atomic E-state index is 11.4. The summed E-state index contributed by atoms with van der Waals surface area (Å²) in [4.78, 5) is 18.0. The van der Waals surface area contributed by atoms with Crippen molar-refractivity contribution >= 4 is 11.9 Å². The van der Waals surface area contributed by atoms with Gasteiger partial charge in [-0.15, -0.1) is 0 Å². The van der Waals surface area contributed by atoms with Crippen molar-refractivity contribution in [2.75, 3.05) is 41.0 Å². The van der Waals surface area contributed by atoms with Gasteiger partial charge in [-0.1, -0.05) is 0 Å². The number of guanidine groups is 1. The number of hydrogen-bond donors (Lipinski definition) is 1. The lowest BCUT2D eigenvalue weighted by molar-refractivity contribution is -0.143. The van der Waals surface area contributed by atoms with Gasteiger partial charge in [-0.2, -0.15) is 0 Å². The summed E-state index contributed by atoms with van der Waals surface area (Å²) in [6, 6.07) is 5.76. The Hall–Kier alpha value is -2.44. The second kappa shape index (κ2) is 12.0. The molecule has 0 unspecified atom stereocenters. The van der Waals surface area contributed by atoms with E-state index < -0.39 is 0 Å². The SMILES string of the molecule is CCNC(=NCCCC(=O)OCC)N(C)Cc1ccc(OC)cc1OC. The van der Waals surface area contributed by atoms with E-state index in [2.05, 4.69) is 10.3 Å². The lowest BCUT2D eigenvalue weighted by Crippen LogP contribution is -2.38. The van der Waals surface area contributed by atoms with Crippen LogP contribution in [-0.2, 0) is 16.1 Å². The molecule has 1 aromatic carbocycles. The fourth-order valence-electron chi connectivity index (χ4n) is 2.42. The van der Waals surface area contributed by atoms with E-state index in [0.29, 0.717) is 32.5 Å². The number of nitrogens with zero attached hydrogens (tertiary/aromatic N) is 2. The van der Waals surface area contributed by atoms with E-state index in [-0.39, 0.29) is 5.97 Å². The summed E-state index contributed by atoms with van der Waals surface area (Å²) in [5.41, 5.74) is 1.04. The van der Waals surface area contributed by atoms with Crippen LogP contribution in [0.1, 0.15) is 32.3 Å². The average Bonchev–Trinajstić information content (AvgIpc) is 2.64. The van der Waals surface area contributed by atoms with Crippen LogP contribution in [0, 0.1) is 0 Å². The van der Waals surface area contributed by atoms with Crippen molar-refractivity contribution in [2.24, 2.45) is 4.99 Å². The minimum absolute atomic E-state index is 0.177. The highest BCUT2D eigenvalue weighted by Gasteiger charge is 2.11. The molecule has 7 nitrogen and oxygen atoms in total. The zero-order chi connectivity index (χ0) is 19.4. The molecule has 26 heavy (non-hydrogen) atoms. The fraction of sp³-hybridized carbons (Fsp3) is 0.579. The van der Waals surface area contributed by atoms with Crippen LogP contribution in [0.2, 0.25) is 0 Å². The number of aliphatic imine (C=N–C) groups is 1. The predicted octanol–water partition coefficient (Wildman–Crippen LogP) is 2.44. The van der Waals surface area contributed by atoms with Crippen molar-refractivity contribution in [1.29, 1.82) is 0 Å². The minimum atomic E-state index is -0.177. The summed E-state index contributed by atoms with van der Waals surface area (Å²) in [7, 11) is 5.25. The topological polar surface area (TPSA) is 72.4 Å². The third-order valence-electron chi connectivity index (χ3n) is 3.70. The molecule has 0 aliphatic carbocycles. The van der Waals surface area contributed by atoms with E-state index in [1.807, 2.05) is 44.0 Å². The van der Waals surface area contributed by atoms with Crippen molar-refractivity contribution in [3.05, 3.63) is 23.8 Å². The lowest BCUT2D eigenvalue weighted by atomic mass is 10.2. The predicted molar refractivity (Wildman–Crippen MR) is 103 cm³/mol. The number of carbonyl (C=O) groups excluding carboxylic acids is 1. The van der Waals surface area contributed by atoms with Crippen LogP contribution in [0.5, 0.6) is 11.5 Å². The molecule has 1 N–H and O–H groups in total. The maximum Gasteiger partial charge on any atom is 0.305 e. The van der Waals surface area contributed by atoms with Gasteiger partial charge in [0.05, 0.1) is 20.8 Å². The molecule has 0 atom stereocenters. The van der Waals surface area contributed by atoms with E-state index in [0.717, 1.165) is 29.6 Å². The first-order valence-electron chi connectivity index (χ1n) is 8.91. The molecule has 0 heterocycles. The van der Waals surface area contributed by atoms with Crippen LogP contribution >= 0.6 is 0 Å². The number of hydrogen-bond acceptors (Lipinski definition) is 5. The second-order valence-electron chi connectivity index (χ2n) is 5.68. The highest BCUT2D eigenvalue weighted by atomic mass is 16.5. The van der Waals surface area contributed by atoms with Gasteiger partial charge in [0.15, 0.2) is 5.96 Å². The van der Waals surface area contributed by atoms with Crippen LogP contribution in [0.25, 0.3) is 0 Å². The molecule has 0 aliphatic heterocycles. The van der Waals surface area contributed by atoms with Crippen molar-refractivity contribution in [3.8, 4) is 11.5 Å². The van der Waals surface area contributed by atoms with Gasteiger partial charge in [0.1, 0.15) is 11.5 Å². The molecule has 0 amide bonds. The molecule has 0 radical (unpaired) electrons. The molecule has 0 aliphatic rings. The Morgan fingerprint density at radius 3 is 2.62 bits per heavy atom. The number of benzene rings is 1. The van der Waals surface area contributed by atoms with Gasteiger partial charge in [0, 0.05) is 44.7 Å². The maximum absolute atomic E-state index is 11.4. The van der Waals surface area contributed by atoms with Gasteiger partial charge in [-0.05, 0) is 32.4 Å². The molecule has 7 heteroatoms. The monoisotopic (exact) mass is 365 g/mol. The molecule has 146 valence electrons. The Labute approximate surface area is 156 Å². The summed E-state index contributed by atoms with van der Waals surface area (Å²) in [6.07, 6.45) is 1.04.